The Hall–Kier alpha value is -2.92. The molecule has 6 heteroatoms. The van der Waals surface area contributed by atoms with Crippen molar-refractivity contribution in [2.75, 3.05) is 0 Å². The van der Waals surface area contributed by atoms with E-state index in [1.165, 1.54) is 17.7 Å². The molecule has 4 aromatic rings. The van der Waals surface area contributed by atoms with Crippen LogP contribution in [0.2, 0.25) is 5.02 Å². The maximum Gasteiger partial charge on any atom is 0.232 e. The monoisotopic (exact) mass is 393 g/mol. The van der Waals surface area contributed by atoms with Crippen LogP contribution in [-0.2, 0) is 12.8 Å². The zero-order valence-corrected chi connectivity index (χ0v) is 15.8. The fourth-order valence-electron chi connectivity index (χ4n) is 3.65. The van der Waals surface area contributed by atoms with Gasteiger partial charge < -0.3 is 4.74 Å². The van der Waals surface area contributed by atoms with Gasteiger partial charge in [-0.05, 0) is 74.2 Å². The van der Waals surface area contributed by atoms with Crippen molar-refractivity contribution in [2.45, 2.75) is 25.7 Å². The number of hydrogen-bond acceptors (Lipinski definition) is 3. The van der Waals surface area contributed by atoms with Gasteiger partial charge in [-0.15, -0.1) is 0 Å². The number of benzene rings is 2. The molecule has 0 fully saturated rings. The molecule has 0 atom stereocenters. The van der Waals surface area contributed by atoms with E-state index in [9.17, 15) is 4.39 Å². The summed E-state index contributed by atoms with van der Waals surface area (Å²) < 4.78 is 21.2. The van der Waals surface area contributed by atoms with Gasteiger partial charge in [0.25, 0.3) is 0 Å². The number of rotatable bonds is 3. The van der Waals surface area contributed by atoms with E-state index in [1.54, 1.807) is 16.8 Å². The van der Waals surface area contributed by atoms with Gasteiger partial charge >= 0.3 is 0 Å². The minimum Gasteiger partial charge on any atom is -0.438 e. The van der Waals surface area contributed by atoms with Gasteiger partial charge in [0.15, 0.2) is 0 Å². The second-order valence-electron chi connectivity index (χ2n) is 6.90. The number of halogens is 2. The molecule has 2 aromatic carbocycles. The Labute approximate surface area is 166 Å². The lowest BCUT2D eigenvalue weighted by Gasteiger charge is -2.14. The summed E-state index contributed by atoms with van der Waals surface area (Å²) in [6, 6.07) is 13.4. The summed E-state index contributed by atoms with van der Waals surface area (Å²) in [7, 11) is 0. The summed E-state index contributed by atoms with van der Waals surface area (Å²) in [5.41, 5.74) is 4.06. The Balaban J connectivity index is 1.71. The minimum absolute atomic E-state index is 0.306. The second kappa shape index (κ2) is 6.91. The highest BCUT2D eigenvalue weighted by Crippen LogP contribution is 2.36. The minimum atomic E-state index is -0.306. The molecule has 0 saturated heterocycles. The van der Waals surface area contributed by atoms with Crippen molar-refractivity contribution < 1.29 is 9.13 Å². The van der Waals surface area contributed by atoms with E-state index >= 15 is 0 Å². The van der Waals surface area contributed by atoms with E-state index in [-0.39, 0.29) is 5.82 Å². The third kappa shape index (κ3) is 3.02. The van der Waals surface area contributed by atoms with E-state index in [2.05, 4.69) is 4.98 Å². The SMILES string of the molecule is Fc1ccc(Oc2c3cnc4c(c3nn2-c2ccc(Cl)cc2)CCCC4)cc1. The van der Waals surface area contributed by atoms with E-state index in [0.29, 0.717) is 16.7 Å². The molecule has 5 rings (SSSR count). The molecule has 0 aliphatic heterocycles. The summed E-state index contributed by atoms with van der Waals surface area (Å²) in [6.45, 7) is 0. The lowest BCUT2D eigenvalue weighted by Crippen LogP contribution is -2.05. The van der Waals surface area contributed by atoms with Crippen LogP contribution in [-0.4, -0.2) is 14.8 Å². The van der Waals surface area contributed by atoms with Crippen molar-refractivity contribution in [3.05, 3.63) is 76.8 Å². The first-order chi connectivity index (χ1) is 13.7. The predicted molar refractivity (Wildman–Crippen MR) is 107 cm³/mol. The number of fused-ring (bicyclic) bond motifs is 3. The van der Waals surface area contributed by atoms with Gasteiger partial charge in [0, 0.05) is 22.5 Å². The number of ether oxygens (including phenoxy) is 1. The second-order valence-corrected chi connectivity index (χ2v) is 7.34. The normalized spacial score (nSPS) is 13.5. The highest BCUT2D eigenvalue weighted by molar-refractivity contribution is 6.30. The molecule has 2 aromatic heterocycles. The molecule has 0 bridgehead atoms. The van der Waals surface area contributed by atoms with Crippen molar-refractivity contribution >= 4 is 22.5 Å². The molecule has 0 amide bonds. The zero-order valence-electron chi connectivity index (χ0n) is 15.0. The summed E-state index contributed by atoms with van der Waals surface area (Å²) in [6.07, 6.45) is 6.07. The molecule has 0 radical (unpaired) electrons. The Morgan fingerprint density at radius 3 is 2.50 bits per heavy atom. The van der Waals surface area contributed by atoms with E-state index in [1.807, 2.05) is 30.5 Å². The third-order valence-electron chi connectivity index (χ3n) is 5.05. The highest BCUT2D eigenvalue weighted by atomic mass is 35.5. The van der Waals surface area contributed by atoms with Crippen LogP contribution < -0.4 is 4.74 Å². The summed E-state index contributed by atoms with van der Waals surface area (Å²) in [5.74, 6) is 0.792. The van der Waals surface area contributed by atoms with Crippen LogP contribution in [0.25, 0.3) is 16.6 Å². The van der Waals surface area contributed by atoms with Crippen LogP contribution >= 0.6 is 11.6 Å². The van der Waals surface area contributed by atoms with E-state index in [0.717, 1.165) is 48.0 Å². The van der Waals surface area contributed by atoms with Gasteiger partial charge in [0.2, 0.25) is 5.88 Å². The quantitative estimate of drug-likeness (QED) is 0.436. The molecule has 0 saturated carbocycles. The summed E-state index contributed by atoms with van der Waals surface area (Å²) in [5, 5.41) is 6.37. The van der Waals surface area contributed by atoms with Crippen LogP contribution in [0.15, 0.2) is 54.7 Å². The van der Waals surface area contributed by atoms with Gasteiger partial charge in [-0.3, -0.25) is 4.98 Å². The Kier molecular flexibility index (Phi) is 4.24. The third-order valence-corrected chi connectivity index (χ3v) is 5.30. The summed E-state index contributed by atoms with van der Waals surface area (Å²) in [4.78, 5) is 4.67. The lowest BCUT2D eigenvalue weighted by molar-refractivity contribution is 0.447. The first kappa shape index (κ1) is 17.2. The predicted octanol–water partition coefficient (Wildman–Crippen LogP) is 5.88. The fourth-order valence-corrected chi connectivity index (χ4v) is 3.78. The molecule has 28 heavy (non-hydrogen) atoms. The molecule has 1 aliphatic carbocycles. The van der Waals surface area contributed by atoms with Crippen molar-refractivity contribution in [3.63, 3.8) is 0 Å². The number of aromatic nitrogens is 3. The number of hydrogen-bond donors (Lipinski definition) is 0. The highest BCUT2D eigenvalue weighted by Gasteiger charge is 2.22. The molecule has 4 nitrogen and oxygen atoms in total. The topological polar surface area (TPSA) is 39.9 Å². The molecule has 0 spiro atoms. The van der Waals surface area contributed by atoms with E-state index < -0.39 is 0 Å². The summed E-state index contributed by atoms with van der Waals surface area (Å²) >= 11 is 6.05. The van der Waals surface area contributed by atoms with Gasteiger partial charge in [-0.2, -0.15) is 9.78 Å². The van der Waals surface area contributed by atoms with Crippen LogP contribution in [0.4, 0.5) is 4.39 Å². The molecule has 0 unspecified atom stereocenters. The molecular formula is C22H17ClFN3O. The number of aryl methyl sites for hydroxylation is 2. The fraction of sp³-hybridized carbons (Fsp3) is 0.182. The van der Waals surface area contributed by atoms with Gasteiger partial charge in [0.05, 0.1) is 11.1 Å². The van der Waals surface area contributed by atoms with Crippen LogP contribution in [0.5, 0.6) is 11.6 Å². The first-order valence-electron chi connectivity index (χ1n) is 9.28. The molecule has 140 valence electrons. The maximum absolute atomic E-state index is 13.3. The molecule has 2 heterocycles. The van der Waals surface area contributed by atoms with Crippen LogP contribution in [0, 0.1) is 5.82 Å². The van der Waals surface area contributed by atoms with Gasteiger partial charge in [-0.25, -0.2) is 4.39 Å². The zero-order chi connectivity index (χ0) is 19.1. The molecular weight excluding hydrogens is 377 g/mol. The largest absolute Gasteiger partial charge is 0.438 e. The number of nitrogens with zero attached hydrogens (tertiary/aromatic N) is 3. The van der Waals surface area contributed by atoms with E-state index in [4.69, 9.17) is 21.4 Å². The average molecular weight is 394 g/mol. The number of pyridine rings is 1. The van der Waals surface area contributed by atoms with Crippen molar-refractivity contribution in [2.24, 2.45) is 0 Å². The van der Waals surface area contributed by atoms with Crippen molar-refractivity contribution in [1.82, 2.24) is 14.8 Å². The molecule has 0 N–H and O–H groups in total. The maximum atomic E-state index is 13.3. The Bertz CT molecular complexity index is 1150. The van der Waals surface area contributed by atoms with Crippen LogP contribution in [0.1, 0.15) is 24.1 Å². The molecule has 1 aliphatic rings. The van der Waals surface area contributed by atoms with Crippen molar-refractivity contribution in [3.8, 4) is 17.3 Å². The Morgan fingerprint density at radius 2 is 1.71 bits per heavy atom. The van der Waals surface area contributed by atoms with Gasteiger partial charge in [-0.1, -0.05) is 11.6 Å². The van der Waals surface area contributed by atoms with Gasteiger partial charge in [0.1, 0.15) is 17.1 Å². The van der Waals surface area contributed by atoms with Crippen LogP contribution in [0.3, 0.4) is 0 Å². The Morgan fingerprint density at radius 1 is 0.964 bits per heavy atom. The average Bonchev–Trinajstić information content (AvgIpc) is 3.09. The first-order valence-corrected chi connectivity index (χ1v) is 9.66. The standard InChI is InChI=1S/C22H17ClFN3O/c23-14-5-9-16(10-6-14)27-22(28-17-11-7-15(24)8-12-17)19-13-25-20-4-2-1-3-18(20)21(19)26-27/h5-13H,1-4H2. The smallest absolute Gasteiger partial charge is 0.232 e. The lowest BCUT2D eigenvalue weighted by atomic mass is 9.95. The van der Waals surface area contributed by atoms with Crippen molar-refractivity contribution in [1.29, 1.82) is 0 Å².